The van der Waals surface area contributed by atoms with E-state index in [1.165, 1.54) is 11.1 Å². The summed E-state index contributed by atoms with van der Waals surface area (Å²) in [5, 5.41) is 6.53. The van der Waals surface area contributed by atoms with Crippen molar-refractivity contribution in [3.05, 3.63) is 88.7 Å². The Labute approximate surface area is 194 Å². The molecule has 1 saturated heterocycles. The molecule has 1 heterocycles. The fourth-order valence-electron chi connectivity index (χ4n) is 4.77. The quantitative estimate of drug-likeness (QED) is 0.629. The van der Waals surface area contributed by atoms with Crippen LogP contribution in [0, 0.1) is 0 Å². The third kappa shape index (κ3) is 4.17. The van der Waals surface area contributed by atoms with Crippen LogP contribution in [0.5, 0.6) is 0 Å². The molecule has 0 aromatic heterocycles. The number of rotatable bonds is 3. The van der Waals surface area contributed by atoms with E-state index in [2.05, 4.69) is 54.5 Å². The number of carbonyl (C=O) groups excluding carboxylic acids is 1. The van der Waals surface area contributed by atoms with Gasteiger partial charge in [0, 0.05) is 31.1 Å². The fraction of sp³-hybridized carbons (Fsp3) is 0.308. The summed E-state index contributed by atoms with van der Waals surface area (Å²) in [6.45, 7) is 7.45. The number of allylic oxidation sites excluding steroid dienone is 2. The molecule has 5 nitrogen and oxygen atoms in total. The van der Waals surface area contributed by atoms with E-state index in [4.69, 9.17) is 16.6 Å². The standard InChI is InChI=1S/C26H29ClN4O/c1-4-19-17-26(21-10-6-5-9-20(21)24(19)29-18(2)28-3)13-15-31(16-14-26)25(32)30-23-12-8-7-11-22(23)27/h4-12,28H,2,13-17H2,1,3H3,(H,30,32)/b19-4-,29-24?. The Morgan fingerprint density at radius 1 is 1.16 bits per heavy atom. The predicted molar refractivity (Wildman–Crippen MR) is 133 cm³/mol. The van der Waals surface area contributed by atoms with E-state index in [0.717, 1.165) is 30.5 Å². The van der Waals surface area contributed by atoms with E-state index < -0.39 is 0 Å². The molecule has 1 spiro atoms. The van der Waals surface area contributed by atoms with Gasteiger partial charge in [0.2, 0.25) is 0 Å². The van der Waals surface area contributed by atoms with E-state index in [0.29, 0.717) is 29.6 Å². The average Bonchev–Trinajstić information content (AvgIpc) is 2.82. The maximum absolute atomic E-state index is 12.9. The molecule has 2 aromatic rings. The molecule has 0 atom stereocenters. The van der Waals surface area contributed by atoms with Gasteiger partial charge in [-0.2, -0.15) is 0 Å². The molecule has 1 aliphatic heterocycles. The maximum atomic E-state index is 12.9. The Morgan fingerprint density at radius 2 is 1.84 bits per heavy atom. The average molecular weight is 449 g/mol. The van der Waals surface area contributed by atoms with Gasteiger partial charge in [-0.3, -0.25) is 0 Å². The molecule has 166 valence electrons. The van der Waals surface area contributed by atoms with Crippen molar-refractivity contribution in [2.75, 3.05) is 25.5 Å². The van der Waals surface area contributed by atoms with Crippen LogP contribution >= 0.6 is 11.6 Å². The van der Waals surface area contributed by atoms with Crippen molar-refractivity contribution in [1.29, 1.82) is 0 Å². The van der Waals surface area contributed by atoms with E-state index >= 15 is 0 Å². The molecule has 1 aliphatic carbocycles. The third-order valence-electron chi connectivity index (χ3n) is 6.59. The number of halogens is 1. The van der Waals surface area contributed by atoms with Crippen molar-refractivity contribution >= 4 is 29.0 Å². The van der Waals surface area contributed by atoms with E-state index in [9.17, 15) is 4.79 Å². The lowest BCUT2D eigenvalue weighted by molar-refractivity contribution is 0.167. The lowest BCUT2D eigenvalue weighted by Gasteiger charge is -2.46. The largest absolute Gasteiger partial charge is 0.374 e. The third-order valence-corrected chi connectivity index (χ3v) is 6.92. The molecule has 2 aromatic carbocycles. The summed E-state index contributed by atoms with van der Waals surface area (Å²) in [5.74, 6) is 0.649. The zero-order chi connectivity index (χ0) is 22.7. The monoisotopic (exact) mass is 448 g/mol. The van der Waals surface area contributed by atoms with Crippen LogP contribution in [0.3, 0.4) is 0 Å². The highest BCUT2D eigenvalue weighted by molar-refractivity contribution is 6.33. The van der Waals surface area contributed by atoms with Gasteiger partial charge in [0.1, 0.15) is 5.82 Å². The molecule has 0 bridgehead atoms. The van der Waals surface area contributed by atoms with Gasteiger partial charge in [-0.15, -0.1) is 0 Å². The first-order valence-corrected chi connectivity index (χ1v) is 11.4. The van der Waals surface area contributed by atoms with Crippen LogP contribution in [0.25, 0.3) is 0 Å². The number of aliphatic imine (C=N–C) groups is 1. The number of fused-ring (bicyclic) bond motifs is 2. The zero-order valence-corrected chi connectivity index (χ0v) is 19.4. The first-order valence-electron chi connectivity index (χ1n) is 11.0. The predicted octanol–water partition coefficient (Wildman–Crippen LogP) is 5.74. The van der Waals surface area contributed by atoms with Gasteiger partial charge < -0.3 is 15.5 Å². The van der Waals surface area contributed by atoms with Crippen molar-refractivity contribution in [1.82, 2.24) is 10.2 Å². The minimum atomic E-state index is -0.101. The van der Waals surface area contributed by atoms with Crippen LogP contribution in [0.2, 0.25) is 5.02 Å². The number of likely N-dealkylation sites (tertiary alicyclic amines) is 1. The van der Waals surface area contributed by atoms with Gasteiger partial charge in [0.25, 0.3) is 0 Å². The second-order valence-electron chi connectivity index (χ2n) is 8.37. The summed E-state index contributed by atoms with van der Waals surface area (Å²) in [4.78, 5) is 19.5. The van der Waals surface area contributed by atoms with Gasteiger partial charge in [-0.25, -0.2) is 9.79 Å². The summed E-state index contributed by atoms with van der Waals surface area (Å²) in [6, 6.07) is 15.8. The number of nitrogens with zero attached hydrogens (tertiary/aromatic N) is 2. The second-order valence-corrected chi connectivity index (χ2v) is 8.78. The number of hydrogen-bond acceptors (Lipinski definition) is 3. The van der Waals surface area contributed by atoms with Crippen molar-refractivity contribution in [3.8, 4) is 0 Å². The second kappa shape index (κ2) is 9.21. The number of hydrogen-bond donors (Lipinski definition) is 2. The van der Waals surface area contributed by atoms with Crippen molar-refractivity contribution in [2.45, 2.75) is 31.6 Å². The van der Waals surface area contributed by atoms with Crippen LogP contribution in [0.1, 0.15) is 37.3 Å². The molecular weight excluding hydrogens is 420 g/mol. The van der Waals surface area contributed by atoms with Gasteiger partial charge in [-0.1, -0.05) is 60.7 Å². The van der Waals surface area contributed by atoms with Gasteiger partial charge >= 0.3 is 6.03 Å². The van der Waals surface area contributed by atoms with Gasteiger partial charge in [0.15, 0.2) is 0 Å². The molecule has 6 heteroatoms. The number of piperidine rings is 1. The summed E-state index contributed by atoms with van der Waals surface area (Å²) < 4.78 is 0. The summed E-state index contributed by atoms with van der Waals surface area (Å²) in [6.07, 6.45) is 4.88. The normalized spacial score (nSPS) is 19.7. The van der Waals surface area contributed by atoms with Crippen molar-refractivity contribution in [2.24, 2.45) is 4.99 Å². The number of urea groups is 1. The lowest BCUT2D eigenvalue weighted by Crippen LogP contribution is -2.48. The van der Waals surface area contributed by atoms with Crippen LogP contribution < -0.4 is 10.6 Å². The highest BCUT2D eigenvalue weighted by Crippen LogP contribution is 2.47. The molecule has 0 radical (unpaired) electrons. The highest BCUT2D eigenvalue weighted by atomic mass is 35.5. The number of nitrogens with one attached hydrogen (secondary N) is 2. The molecular formula is C26H29ClN4O. The Bertz CT molecular complexity index is 1100. The van der Waals surface area contributed by atoms with Crippen molar-refractivity contribution < 1.29 is 4.79 Å². The molecule has 2 aliphatic rings. The maximum Gasteiger partial charge on any atom is 0.321 e. The fourth-order valence-corrected chi connectivity index (χ4v) is 4.95. The first-order chi connectivity index (χ1) is 15.5. The molecule has 1 fully saturated rings. The Kier molecular flexibility index (Phi) is 6.38. The van der Waals surface area contributed by atoms with E-state index in [1.807, 2.05) is 30.1 Å². The summed E-state index contributed by atoms with van der Waals surface area (Å²) >= 11 is 6.21. The van der Waals surface area contributed by atoms with Crippen molar-refractivity contribution in [3.63, 3.8) is 0 Å². The van der Waals surface area contributed by atoms with Gasteiger partial charge in [-0.05, 0) is 49.5 Å². The van der Waals surface area contributed by atoms with Gasteiger partial charge in [0.05, 0.1) is 16.4 Å². The SMILES string of the molecule is C=C(N=C1/C(=C\C)CC2(CCN(C(=O)Nc3ccccc3Cl)CC2)c2ccccc21)NC. The Hall–Kier alpha value is -3.05. The first kappa shape index (κ1) is 22.2. The molecule has 32 heavy (non-hydrogen) atoms. The molecule has 0 unspecified atom stereocenters. The zero-order valence-electron chi connectivity index (χ0n) is 18.6. The summed E-state index contributed by atoms with van der Waals surface area (Å²) in [5.41, 5.74) is 5.35. The Balaban J connectivity index is 1.58. The number of benzene rings is 2. The smallest absolute Gasteiger partial charge is 0.321 e. The molecule has 4 rings (SSSR count). The minimum Gasteiger partial charge on any atom is -0.374 e. The Morgan fingerprint density at radius 3 is 2.53 bits per heavy atom. The van der Waals surface area contributed by atoms with Crippen LogP contribution in [0.4, 0.5) is 10.5 Å². The molecule has 0 saturated carbocycles. The number of para-hydroxylation sites is 1. The highest BCUT2D eigenvalue weighted by Gasteiger charge is 2.43. The topological polar surface area (TPSA) is 56.7 Å². The number of carbonyl (C=O) groups is 1. The number of anilines is 1. The number of amides is 2. The minimum absolute atomic E-state index is 0.000392. The van der Waals surface area contributed by atoms with Crippen LogP contribution in [-0.4, -0.2) is 36.8 Å². The molecule has 2 N–H and O–H groups in total. The van der Waals surface area contributed by atoms with E-state index in [-0.39, 0.29) is 11.4 Å². The lowest BCUT2D eigenvalue weighted by atomic mass is 9.63. The van der Waals surface area contributed by atoms with Crippen LogP contribution in [-0.2, 0) is 5.41 Å². The van der Waals surface area contributed by atoms with Crippen LogP contribution in [0.15, 0.2) is 77.6 Å². The summed E-state index contributed by atoms with van der Waals surface area (Å²) in [7, 11) is 1.83. The molecule has 2 amide bonds. The van der Waals surface area contributed by atoms with E-state index in [1.54, 1.807) is 6.07 Å².